The van der Waals surface area contributed by atoms with Crippen LogP contribution in [0, 0.1) is 0 Å². The van der Waals surface area contributed by atoms with E-state index in [9.17, 15) is 0 Å². The van der Waals surface area contributed by atoms with E-state index in [1.54, 1.807) is 23.7 Å². The van der Waals surface area contributed by atoms with Crippen molar-refractivity contribution in [2.75, 3.05) is 5.32 Å². The fourth-order valence-corrected chi connectivity index (χ4v) is 2.22. The van der Waals surface area contributed by atoms with E-state index in [-0.39, 0.29) is 0 Å². The number of aromatic nitrogens is 4. The highest BCUT2D eigenvalue weighted by molar-refractivity contribution is 7.13. The Bertz CT molecular complexity index is 602. The van der Waals surface area contributed by atoms with Crippen molar-refractivity contribution in [1.82, 2.24) is 20.2 Å². The average Bonchev–Trinajstić information content (AvgIpc) is 3.09. The fraction of sp³-hybridized carbons (Fsp3) is 0.0833. The van der Waals surface area contributed by atoms with Crippen molar-refractivity contribution in [3.05, 3.63) is 47.9 Å². The lowest BCUT2D eigenvalue weighted by molar-refractivity contribution is 1.09. The van der Waals surface area contributed by atoms with Crippen molar-refractivity contribution in [2.45, 2.75) is 6.54 Å². The van der Waals surface area contributed by atoms with Crippen molar-refractivity contribution >= 4 is 16.5 Å². The first-order valence-electron chi connectivity index (χ1n) is 5.49. The smallest absolute Gasteiger partial charge is 0.182 e. The second-order valence-corrected chi connectivity index (χ2v) is 4.60. The molecule has 0 unspecified atom stereocenters. The van der Waals surface area contributed by atoms with Gasteiger partial charge in [-0.05, 0) is 12.1 Å². The van der Waals surface area contributed by atoms with Crippen LogP contribution in [0.25, 0.3) is 11.3 Å². The Labute approximate surface area is 108 Å². The maximum atomic E-state index is 4.18. The largest absolute Gasteiger partial charge is 0.357 e. The molecule has 0 aliphatic carbocycles. The van der Waals surface area contributed by atoms with Crippen LogP contribution in [0.4, 0.5) is 5.13 Å². The highest BCUT2D eigenvalue weighted by atomic mass is 32.1. The number of hydrogen-bond donors (Lipinski definition) is 2. The Morgan fingerprint density at radius 2 is 2.28 bits per heavy atom. The number of pyridine rings is 1. The third-order valence-electron chi connectivity index (χ3n) is 2.53. The predicted molar refractivity (Wildman–Crippen MR) is 71.3 cm³/mol. The molecule has 0 radical (unpaired) electrons. The summed E-state index contributed by atoms with van der Waals surface area (Å²) in [6, 6.07) is 3.92. The van der Waals surface area contributed by atoms with Gasteiger partial charge in [0.05, 0.1) is 11.9 Å². The van der Waals surface area contributed by atoms with Crippen LogP contribution in [0.2, 0.25) is 0 Å². The van der Waals surface area contributed by atoms with E-state index in [1.807, 2.05) is 29.9 Å². The third-order valence-corrected chi connectivity index (χ3v) is 3.26. The van der Waals surface area contributed by atoms with E-state index in [0.717, 1.165) is 22.0 Å². The third kappa shape index (κ3) is 2.23. The van der Waals surface area contributed by atoms with Crippen LogP contribution in [-0.2, 0) is 6.54 Å². The molecule has 3 aromatic rings. The molecule has 0 atom stereocenters. The number of thiazole rings is 1. The second kappa shape index (κ2) is 4.97. The molecule has 6 heteroatoms. The van der Waals surface area contributed by atoms with Crippen LogP contribution in [0.5, 0.6) is 0 Å². The molecule has 5 nitrogen and oxygen atoms in total. The van der Waals surface area contributed by atoms with Crippen LogP contribution >= 0.6 is 11.3 Å². The molecule has 3 aromatic heterocycles. The minimum Gasteiger partial charge on any atom is -0.357 e. The van der Waals surface area contributed by atoms with Gasteiger partial charge in [0, 0.05) is 41.6 Å². The molecule has 0 saturated heterocycles. The Morgan fingerprint density at radius 1 is 1.28 bits per heavy atom. The molecular formula is C12H11N5S. The number of nitrogens with one attached hydrogen (secondary N) is 2. The first-order chi connectivity index (χ1) is 8.93. The number of hydrogen-bond acceptors (Lipinski definition) is 5. The van der Waals surface area contributed by atoms with Crippen molar-refractivity contribution in [1.29, 1.82) is 0 Å². The normalized spacial score (nSPS) is 10.4. The van der Waals surface area contributed by atoms with Crippen molar-refractivity contribution in [3.63, 3.8) is 0 Å². The zero-order valence-corrected chi connectivity index (χ0v) is 10.3. The molecule has 0 saturated carbocycles. The van der Waals surface area contributed by atoms with Gasteiger partial charge in [0.15, 0.2) is 5.13 Å². The van der Waals surface area contributed by atoms with Crippen LogP contribution in [0.1, 0.15) is 5.56 Å². The van der Waals surface area contributed by atoms with E-state index >= 15 is 0 Å². The summed E-state index contributed by atoms with van der Waals surface area (Å²) in [7, 11) is 0. The van der Waals surface area contributed by atoms with E-state index in [2.05, 4.69) is 25.5 Å². The quantitative estimate of drug-likeness (QED) is 0.753. The molecule has 0 aromatic carbocycles. The van der Waals surface area contributed by atoms with Crippen LogP contribution in [0.3, 0.4) is 0 Å². The molecule has 0 amide bonds. The summed E-state index contributed by atoms with van der Waals surface area (Å²) < 4.78 is 0. The molecule has 0 aliphatic rings. The molecule has 0 spiro atoms. The van der Waals surface area contributed by atoms with Crippen LogP contribution in [-0.4, -0.2) is 20.2 Å². The molecule has 2 N–H and O–H groups in total. The van der Waals surface area contributed by atoms with Gasteiger partial charge < -0.3 is 5.32 Å². The van der Waals surface area contributed by atoms with Crippen molar-refractivity contribution < 1.29 is 0 Å². The SMILES string of the molecule is c1cncc(-c2[nH]ncc2CNc2nccs2)c1. The van der Waals surface area contributed by atoms with Gasteiger partial charge in [-0.1, -0.05) is 0 Å². The number of anilines is 1. The van der Waals surface area contributed by atoms with Crippen LogP contribution < -0.4 is 5.32 Å². The Morgan fingerprint density at radius 3 is 3.06 bits per heavy atom. The summed E-state index contributed by atoms with van der Waals surface area (Å²) >= 11 is 1.58. The lowest BCUT2D eigenvalue weighted by Gasteiger charge is -2.03. The first kappa shape index (κ1) is 10.9. The summed E-state index contributed by atoms with van der Waals surface area (Å²) in [5, 5.41) is 13.2. The van der Waals surface area contributed by atoms with Gasteiger partial charge in [-0.25, -0.2) is 4.98 Å². The number of nitrogens with zero attached hydrogens (tertiary/aromatic N) is 3. The zero-order chi connectivity index (χ0) is 12.2. The van der Waals surface area contributed by atoms with E-state index in [0.29, 0.717) is 6.54 Å². The summed E-state index contributed by atoms with van der Waals surface area (Å²) in [5.74, 6) is 0. The maximum Gasteiger partial charge on any atom is 0.182 e. The number of rotatable bonds is 4. The standard InChI is InChI=1S/C12H11N5S/c1-2-9(6-13-3-1)11-10(8-16-17-11)7-15-12-14-4-5-18-12/h1-6,8H,7H2,(H,14,15)(H,16,17). The highest BCUT2D eigenvalue weighted by Gasteiger charge is 2.07. The predicted octanol–water partition coefficient (Wildman–Crippen LogP) is 2.54. The summed E-state index contributed by atoms with van der Waals surface area (Å²) in [6.45, 7) is 0.689. The monoisotopic (exact) mass is 257 g/mol. The summed E-state index contributed by atoms with van der Waals surface area (Å²) in [5.41, 5.74) is 3.12. The maximum absolute atomic E-state index is 4.18. The lowest BCUT2D eigenvalue weighted by atomic mass is 10.1. The van der Waals surface area contributed by atoms with Gasteiger partial charge in [0.1, 0.15) is 0 Å². The average molecular weight is 257 g/mol. The first-order valence-corrected chi connectivity index (χ1v) is 6.37. The molecular weight excluding hydrogens is 246 g/mol. The number of aromatic amines is 1. The Hall–Kier alpha value is -2.21. The van der Waals surface area contributed by atoms with Crippen molar-refractivity contribution in [3.8, 4) is 11.3 Å². The molecule has 0 aliphatic heterocycles. The van der Waals surface area contributed by atoms with Gasteiger partial charge in [-0.3, -0.25) is 10.1 Å². The van der Waals surface area contributed by atoms with Gasteiger partial charge in [-0.2, -0.15) is 5.10 Å². The molecule has 18 heavy (non-hydrogen) atoms. The lowest BCUT2D eigenvalue weighted by Crippen LogP contribution is -1.99. The van der Waals surface area contributed by atoms with Crippen molar-refractivity contribution in [2.24, 2.45) is 0 Å². The topological polar surface area (TPSA) is 66.5 Å². The minimum atomic E-state index is 0.689. The Kier molecular flexibility index (Phi) is 3.01. The Balaban J connectivity index is 1.80. The van der Waals surface area contributed by atoms with Gasteiger partial charge in [0.2, 0.25) is 0 Å². The minimum absolute atomic E-state index is 0.689. The summed E-state index contributed by atoms with van der Waals surface area (Å²) in [4.78, 5) is 8.30. The van der Waals surface area contributed by atoms with Gasteiger partial charge >= 0.3 is 0 Å². The fourth-order valence-electron chi connectivity index (χ4n) is 1.69. The van der Waals surface area contributed by atoms with E-state index in [4.69, 9.17) is 0 Å². The van der Waals surface area contributed by atoms with E-state index in [1.165, 1.54) is 0 Å². The number of H-pyrrole nitrogens is 1. The van der Waals surface area contributed by atoms with Crippen LogP contribution in [0.15, 0.2) is 42.3 Å². The van der Waals surface area contributed by atoms with E-state index < -0.39 is 0 Å². The molecule has 3 heterocycles. The second-order valence-electron chi connectivity index (χ2n) is 3.70. The van der Waals surface area contributed by atoms with Gasteiger partial charge in [-0.15, -0.1) is 11.3 Å². The molecule has 3 rings (SSSR count). The molecule has 90 valence electrons. The zero-order valence-electron chi connectivity index (χ0n) is 9.50. The molecule has 0 fully saturated rings. The summed E-state index contributed by atoms with van der Waals surface area (Å²) in [6.07, 6.45) is 7.18. The van der Waals surface area contributed by atoms with Gasteiger partial charge in [0.25, 0.3) is 0 Å². The highest BCUT2D eigenvalue weighted by Crippen LogP contribution is 2.21. The molecule has 0 bridgehead atoms.